The molecule has 1 saturated carbocycles. The maximum Gasteiger partial charge on any atom is 0.169 e. The van der Waals surface area contributed by atoms with Crippen molar-refractivity contribution in [3.05, 3.63) is 22.6 Å². The number of rotatable bonds is 2. The minimum Gasteiger partial charge on any atom is -0.454 e. The van der Waals surface area contributed by atoms with Crippen LogP contribution < -0.4 is 0 Å². The van der Waals surface area contributed by atoms with Crippen LogP contribution in [-0.4, -0.2) is 11.2 Å². The van der Waals surface area contributed by atoms with Gasteiger partial charge in [-0.15, -0.1) is 0 Å². The van der Waals surface area contributed by atoms with E-state index in [0.29, 0.717) is 5.92 Å². The largest absolute Gasteiger partial charge is 0.454 e. The fourth-order valence-electron chi connectivity index (χ4n) is 2.19. The molecule has 0 spiro atoms. The molecule has 2 atom stereocenters. The smallest absolute Gasteiger partial charge is 0.169 e. The minimum atomic E-state index is -0.0906. The highest BCUT2D eigenvalue weighted by atomic mass is 79.9. The van der Waals surface area contributed by atoms with Gasteiger partial charge < -0.3 is 9.52 Å². The molecule has 78 valence electrons. The van der Waals surface area contributed by atoms with Gasteiger partial charge in [0.1, 0.15) is 5.76 Å². The first kappa shape index (κ1) is 10.2. The van der Waals surface area contributed by atoms with Gasteiger partial charge in [0.25, 0.3) is 0 Å². The Morgan fingerprint density at radius 1 is 1.43 bits per heavy atom. The summed E-state index contributed by atoms with van der Waals surface area (Å²) in [5.41, 5.74) is 0. The van der Waals surface area contributed by atoms with Crippen LogP contribution >= 0.6 is 15.9 Å². The zero-order valence-electron chi connectivity index (χ0n) is 8.08. The van der Waals surface area contributed by atoms with Crippen LogP contribution in [0.3, 0.4) is 0 Å². The second kappa shape index (κ2) is 4.49. The van der Waals surface area contributed by atoms with Crippen LogP contribution in [0.2, 0.25) is 0 Å². The Labute approximate surface area is 92.4 Å². The molecule has 1 N–H and O–H groups in total. The van der Waals surface area contributed by atoms with Crippen LogP contribution in [-0.2, 0) is 6.42 Å². The predicted molar refractivity (Wildman–Crippen MR) is 58.1 cm³/mol. The number of hydrogen-bond acceptors (Lipinski definition) is 2. The molecule has 1 aliphatic rings. The minimum absolute atomic E-state index is 0.0906. The lowest BCUT2D eigenvalue weighted by Gasteiger charge is -2.24. The Kier molecular flexibility index (Phi) is 3.29. The molecule has 2 rings (SSSR count). The molecule has 0 aliphatic heterocycles. The van der Waals surface area contributed by atoms with E-state index in [-0.39, 0.29) is 6.10 Å². The Morgan fingerprint density at radius 2 is 2.29 bits per heavy atom. The average molecular weight is 259 g/mol. The summed E-state index contributed by atoms with van der Waals surface area (Å²) in [5.74, 6) is 1.62. The standard InChI is InChI=1S/C11H15BrO2/c12-11-5-4-10(14-11)7-8-2-1-3-9(13)6-8/h4-5,8-9,13H,1-3,6-7H2. The molecule has 1 fully saturated rings. The van der Waals surface area contributed by atoms with Gasteiger partial charge in [-0.1, -0.05) is 6.42 Å². The van der Waals surface area contributed by atoms with Gasteiger partial charge in [0, 0.05) is 6.42 Å². The van der Waals surface area contributed by atoms with Crippen LogP contribution in [0.15, 0.2) is 21.2 Å². The van der Waals surface area contributed by atoms with E-state index in [2.05, 4.69) is 15.9 Å². The van der Waals surface area contributed by atoms with Gasteiger partial charge in [-0.3, -0.25) is 0 Å². The molecule has 0 bridgehead atoms. The first-order valence-electron chi connectivity index (χ1n) is 5.16. The van der Waals surface area contributed by atoms with E-state index < -0.39 is 0 Å². The van der Waals surface area contributed by atoms with Crippen molar-refractivity contribution in [2.24, 2.45) is 5.92 Å². The second-order valence-corrected chi connectivity index (χ2v) is 4.88. The van der Waals surface area contributed by atoms with Gasteiger partial charge in [-0.2, -0.15) is 0 Å². The van der Waals surface area contributed by atoms with Gasteiger partial charge in [-0.05, 0) is 53.2 Å². The van der Waals surface area contributed by atoms with E-state index in [1.54, 1.807) is 0 Å². The number of aliphatic hydroxyl groups excluding tert-OH is 1. The Hall–Kier alpha value is -0.280. The highest BCUT2D eigenvalue weighted by Crippen LogP contribution is 2.28. The van der Waals surface area contributed by atoms with E-state index >= 15 is 0 Å². The Balaban J connectivity index is 1.90. The first-order valence-corrected chi connectivity index (χ1v) is 5.95. The van der Waals surface area contributed by atoms with Crippen LogP contribution in [0, 0.1) is 5.92 Å². The van der Waals surface area contributed by atoms with Crippen molar-refractivity contribution >= 4 is 15.9 Å². The summed E-state index contributed by atoms with van der Waals surface area (Å²) in [6.07, 6.45) is 5.13. The maximum absolute atomic E-state index is 9.52. The molecule has 0 amide bonds. The molecule has 0 aromatic carbocycles. The maximum atomic E-state index is 9.52. The predicted octanol–water partition coefficient (Wildman–Crippen LogP) is 3.14. The molecule has 0 radical (unpaired) electrons. The summed E-state index contributed by atoms with van der Waals surface area (Å²) in [4.78, 5) is 0. The van der Waals surface area contributed by atoms with E-state index in [1.165, 1.54) is 6.42 Å². The molecule has 0 saturated heterocycles. The summed E-state index contributed by atoms with van der Waals surface area (Å²) in [5, 5.41) is 9.52. The van der Waals surface area contributed by atoms with Crippen molar-refractivity contribution in [2.45, 2.75) is 38.2 Å². The average Bonchev–Trinajstić information content (AvgIpc) is 2.51. The number of aliphatic hydroxyl groups is 1. The summed E-state index contributed by atoms with van der Waals surface area (Å²) in [6.45, 7) is 0. The molecule has 1 heterocycles. The quantitative estimate of drug-likeness (QED) is 0.885. The van der Waals surface area contributed by atoms with Gasteiger partial charge in [0.05, 0.1) is 6.10 Å². The third kappa shape index (κ3) is 2.61. The first-order chi connectivity index (χ1) is 6.74. The normalized spacial score (nSPS) is 27.9. The van der Waals surface area contributed by atoms with E-state index in [9.17, 15) is 5.11 Å². The van der Waals surface area contributed by atoms with Crippen LogP contribution in [0.4, 0.5) is 0 Å². The molecular weight excluding hydrogens is 244 g/mol. The summed E-state index contributed by atoms with van der Waals surface area (Å²) < 4.78 is 6.25. The van der Waals surface area contributed by atoms with Crippen molar-refractivity contribution in [3.8, 4) is 0 Å². The Morgan fingerprint density at radius 3 is 2.93 bits per heavy atom. The van der Waals surface area contributed by atoms with Crippen molar-refractivity contribution in [2.75, 3.05) is 0 Å². The zero-order chi connectivity index (χ0) is 9.97. The molecule has 3 heteroatoms. The lowest BCUT2D eigenvalue weighted by molar-refractivity contribution is 0.0993. The second-order valence-electron chi connectivity index (χ2n) is 4.10. The van der Waals surface area contributed by atoms with Crippen LogP contribution in [0.1, 0.15) is 31.4 Å². The summed E-state index contributed by atoms with van der Waals surface area (Å²) in [7, 11) is 0. The monoisotopic (exact) mass is 258 g/mol. The number of hydrogen-bond donors (Lipinski definition) is 1. The van der Waals surface area contributed by atoms with E-state index in [4.69, 9.17) is 4.42 Å². The van der Waals surface area contributed by atoms with Gasteiger partial charge in [0.15, 0.2) is 4.67 Å². The van der Waals surface area contributed by atoms with E-state index in [0.717, 1.165) is 36.1 Å². The van der Waals surface area contributed by atoms with Crippen molar-refractivity contribution < 1.29 is 9.52 Å². The van der Waals surface area contributed by atoms with Gasteiger partial charge in [0.2, 0.25) is 0 Å². The van der Waals surface area contributed by atoms with Gasteiger partial charge in [-0.25, -0.2) is 0 Å². The fraction of sp³-hybridized carbons (Fsp3) is 0.636. The topological polar surface area (TPSA) is 33.4 Å². The molecule has 1 aromatic heterocycles. The molecule has 14 heavy (non-hydrogen) atoms. The number of furan rings is 1. The molecule has 2 nitrogen and oxygen atoms in total. The number of halogens is 1. The fourth-order valence-corrected chi connectivity index (χ4v) is 2.53. The third-order valence-corrected chi connectivity index (χ3v) is 3.30. The Bertz CT molecular complexity index is 295. The zero-order valence-corrected chi connectivity index (χ0v) is 9.66. The van der Waals surface area contributed by atoms with Crippen molar-refractivity contribution in [1.29, 1.82) is 0 Å². The molecule has 2 unspecified atom stereocenters. The lowest BCUT2D eigenvalue weighted by Crippen LogP contribution is -2.20. The van der Waals surface area contributed by atoms with Crippen molar-refractivity contribution in [3.63, 3.8) is 0 Å². The lowest BCUT2D eigenvalue weighted by atomic mass is 9.85. The summed E-state index contributed by atoms with van der Waals surface area (Å²) in [6, 6.07) is 3.93. The molecular formula is C11H15BrO2. The molecule has 1 aromatic rings. The summed E-state index contributed by atoms with van der Waals surface area (Å²) >= 11 is 3.29. The third-order valence-electron chi connectivity index (χ3n) is 2.87. The van der Waals surface area contributed by atoms with Crippen LogP contribution in [0.5, 0.6) is 0 Å². The highest BCUT2D eigenvalue weighted by Gasteiger charge is 2.21. The SMILES string of the molecule is OC1CCCC(Cc2ccc(Br)o2)C1. The molecule has 1 aliphatic carbocycles. The highest BCUT2D eigenvalue weighted by molar-refractivity contribution is 9.10. The van der Waals surface area contributed by atoms with Crippen LogP contribution in [0.25, 0.3) is 0 Å². The van der Waals surface area contributed by atoms with Gasteiger partial charge >= 0.3 is 0 Å². The van der Waals surface area contributed by atoms with Crippen molar-refractivity contribution in [1.82, 2.24) is 0 Å². The van der Waals surface area contributed by atoms with E-state index in [1.807, 2.05) is 12.1 Å².